The zero-order chi connectivity index (χ0) is 14.0. The predicted molar refractivity (Wildman–Crippen MR) is 70.5 cm³/mol. The summed E-state index contributed by atoms with van der Waals surface area (Å²) in [6.45, 7) is 0.153. The molecule has 0 saturated carbocycles. The lowest BCUT2D eigenvalue weighted by molar-refractivity contribution is -0.136. The summed E-state index contributed by atoms with van der Waals surface area (Å²) in [4.78, 5) is 24.7. The van der Waals surface area contributed by atoms with Crippen molar-refractivity contribution >= 4 is 23.4 Å². The Balaban J connectivity index is 2.06. The van der Waals surface area contributed by atoms with Crippen LogP contribution in [0.3, 0.4) is 0 Å². The molecule has 0 bridgehead atoms. The molecule has 1 heterocycles. The number of amides is 2. The van der Waals surface area contributed by atoms with Crippen LogP contribution in [0.15, 0.2) is 24.3 Å². The average molecular weight is 283 g/mol. The zero-order valence-electron chi connectivity index (χ0n) is 10.3. The highest BCUT2D eigenvalue weighted by atomic mass is 35.5. The molecule has 5 nitrogen and oxygen atoms in total. The maximum atomic E-state index is 12.1. The summed E-state index contributed by atoms with van der Waals surface area (Å²) in [6, 6.07) is 6.20. The van der Waals surface area contributed by atoms with Gasteiger partial charge in [0.05, 0.1) is 12.5 Å². The van der Waals surface area contributed by atoms with E-state index in [4.69, 9.17) is 17.3 Å². The Bertz CT molecular complexity index is 489. The average Bonchev–Trinajstić information content (AvgIpc) is 2.74. The molecule has 0 radical (unpaired) electrons. The van der Waals surface area contributed by atoms with Gasteiger partial charge in [-0.1, -0.05) is 23.7 Å². The lowest BCUT2D eigenvalue weighted by Gasteiger charge is -2.21. The van der Waals surface area contributed by atoms with Crippen molar-refractivity contribution in [3.63, 3.8) is 0 Å². The van der Waals surface area contributed by atoms with Gasteiger partial charge in [0, 0.05) is 18.0 Å². The summed E-state index contributed by atoms with van der Waals surface area (Å²) < 4.78 is 0. The summed E-state index contributed by atoms with van der Waals surface area (Å²) in [7, 11) is 0. The van der Waals surface area contributed by atoms with Crippen molar-refractivity contribution < 1.29 is 14.7 Å². The van der Waals surface area contributed by atoms with Crippen molar-refractivity contribution in [3.05, 3.63) is 34.9 Å². The summed E-state index contributed by atoms with van der Waals surface area (Å²) in [5.74, 6) is -0.802. The van der Waals surface area contributed by atoms with Gasteiger partial charge in [-0.25, -0.2) is 0 Å². The largest absolute Gasteiger partial charge is 0.391 e. The molecule has 1 aliphatic heterocycles. The first-order valence-corrected chi connectivity index (χ1v) is 6.36. The van der Waals surface area contributed by atoms with Crippen LogP contribution in [-0.2, 0) is 16.0 Å². The second-order valence-corrected chi connectivity index (χ2v) is 5.09. The monoisotopic (exact) mass is 282 g/mol. The molecule has 1 aromatic carbocycles. The number of nitrogens with two attached hydrogens (primary N) is 1. The summed E-state index contributed by atoms with van der Waals surface area (Å²) in [5, 5.41) is 10.2. The van der Waals surface area contributed by atoms with Crippen LogP contribution in [-0.4, -0.2) is 40.5 Å². The SMILES string of the molecule is NC(=O)[C@H]1C[C@@H](O)CN1C(=O)Cc1ccc(Cl)cc1. The van der Waals surface area contributed by atoms with Crippen LogP contribution in [0.1, 0.15) is 12.0 Å². The number of carbonyl (C=O) groups is 2. The van der Waals surface area contributed by atoms with E-state index in [0.29, 0.717) is 5.02 Å². The third-order valence-corrected chi connectivity index (χ3v) is 3.45. The molecule has 1 aliphatic rings. The van der Waals surface area contributed by atoms with Crippen molar-refractivity contribution in [1.82, 2.24) is 4.90 Å². The fraction of sp³-hybridized carbons (Fsp3) is 0.385. The minimum atomic E-state index is -0.713. The fourth-order valence-electron chi connectivity index (χ4n) is 2.24. The fourth-order valence-corrected chi connectivity index (χ4v) is 2.36. The van der Waals surface area contributed by atoms with Gasteiger partial charge in [-0.3, -0.25) is 9.59 Å². The van der Waals surface area contributed by atoms with E-state index in [0.717, 1.165) is 5.56 Å². The number of likely N-dealkylation sites (tertiary alicyclic amines) is 1. The number of aliphatic hydroxyl groups excluding tert-OH is 1. The molecule has 0 spiro atoms. The Labute approximate surface area is 116 Å². The van der Waals surface area contributed by atoms with Gasteiger partial charge in [0.1, 0.15) is 6.04 Å². The standard InChI is InChI=1S/C13H15ClN2O3/c14-9-3-1-8(2-4-9)5-12(18)16-7-10(17)6-11(16)13(15)19/h1-4,10-11,17H,5-7H2,(H2,15,19)/t10-,11-/m1/s1. The minimum Gasteiger partial charge on any atom is -0.391 e. The number of hydrogen-bond donors (Lipinski definition) is 2. The molecule has 1 fully saturated rings. The summed E-state index contributed by atoms with van der Waals surface area (Å²) >= 11 is 5.77. The number of primary amides is 1. The van der Waals surface area contributed by atoms with E-state index >= 15 is 0 Å². The lowest BCUT2D eigenvalue weighted by Crippen LogP contribution is -2.44. The van der Waals surface area contributed by atoms with Crippen LogP contribution in [0.25, 0.3) is 0 Å². The molecule has 2 rings (SSSR count). The number of benzene rings is 1. The third-order valence-electron chi connectivity index (χ3n) is 3.20. The molecular formula is C13H15ClN2O3. The number of hydrogen-bond acceptors (Lipinski definition) is 3. The second-order valence-electron chi connectivity index (χ2n) is 4.66. The van der Waals surface area contributed by atoms with Crippen molar-refractivity contribution in [2.45, 2.75) is 25.0 Å². The summed E-state index contributed by atoms with van der Waals surface area (Å²) in [6.07, 6.45) is -0.318. The Morgan fingerprint density at radius 3 is 2.58 bits per heavy atom. The van der Waals surface area contributed by atoms with Crippen LogP contribution < -0.4 is 5.73 Å². The van der Waals surface area contributed by atoms with E-state index in [1.165, 1.54) is 4.90 Å². The van der Waals surface area contributed by atoms with Crippen LogP contribution in [0.5, 0.6) is 0 Å². The van der Waals surface area contributed by atoms with Crippen LogP contribution in [0.4, 0.5) is 0 Å². The molecule has 0 aromatic heterocycles. The normalized spacial score (nSPS) is 22.5. The first kappa shape index (κ1) is 13.8. The highest BCUT2D eigenvalue weighted by Gasteiger charge is 2.37. The molecule has 6 heteroatoms. The Morgan fingerprint density at radius 1 is 1.37 bits per heavy atom. The Kier molecular flexibility index (Phi) is 4.07. The molecule has 0 unspecified atom stereocenters. The van der Waals surface area contributed by atoms with Gasteiger partial charge < -0.3 is 15.7 Å². The first-order valence-electron chi connectivity index (χ1n) is 5.98. The van der Waals surface area contributed by atoms with Crippen molar-refractivity contribution in [1.29, 1.82) is 0 Å². The Hall–Kier alpha value is -1.59. The highest BCUT2D eigenvalue weighted by Crippen LogP contribution is 2.19. The van der Waals surface area contributed by atoms with E-state index in [1.54, 1.807) is 24.3 Å². The van der Waals surface area contributed by atoms with E-state index in [9.17, 15) is 14.7 Å². The van der Waals surface area contributed by atoms with Gasteiger partial charge >= 0.3 is 0 Å². The predicted octanol–water partition coefficient (Wildman–Crippen LogP) is 0.330. The highest BCUT2D eigenvalue weighted by molar-refractivity contribution is 6.30. The number of halogens is 1. The number of aliphatic hydroxyl groups is 1. The van der Waals surface area contributed by atoms with Gasteiger partial charge in [-0.2, -0.15) is 0 Å². The molecule has 2 atom stereocenters. The van der Waals surface area contributed by atoms with Crippen LogP contribution in [0, 0.1) is 0 Å². The van der Waals surface area contributed by atoms with Gasteiger partial charge in [-0.05, 0) is 17.7 Å². The van der Waals surface area contributed by atoms with E-state index in [2.05, 4.69) is 0 Å². The molecule has 1 saturated heterocycles. The molecule has 1 aromatic rings. The van der Waals surface area contributed by atoms with Gasteiger partial charge in [0.15, 0.2) is 0 Å². The number of carbonyl (C=O) groups excluding carboxylic acids is 2. The van der Waals surface area contributed by atoms with Crippen molar-refractivity contribution in [2.24, 2.45) is 5.73 Å². The third kappa shape index (κ3) is 3.24. The Morgan fingerprint density at radius 2 is 2.00 bits per heavy atom. The lowest BCUT2D eigenvalue weighted by atomic mass is 10.1. The minimum absolute atomic E-state index is 0.153. The maximum Gasteiger partial charge on any atom is 0.240 e. The quantitative estimate of drug-likeness (QED) is 0.838. The molecule has 0 aliphatic carbocycles. The maximum absolute atomic E-state index is 12.1. The molecule has 2 amide bonds. The second kappa shape index (κ2) is 5.59. The topological polar surface area (TPSA) is 83.6 Å². The smallest absolute Gasteiger partial charge is 0.240 e. The van der Waals surface area contributed by atoms with Crippen molar-refractivity contribution in [3.8, 4) is 0 Å². The number of rotatable bonds is 3. The van der Waals surface area contributed by atoms with Gasteiger partial charge in [0.2, 0.25) is 11.8 Å². The summed E-state index contributed by atoms with van der Waals surface area (Å²) in [5.41, 5.74) is 6.04. The number of nitrogens with zero attached hydrogens (tertiary/aromatic N) is 1. The van der Waals surface area contributed by atoms with E-state index in [-0.39, 0.29) is 25.3 Å². The van der Waals surface area contributed by atoms with Crippen molar-refractivity contribution in [2.75, 3.05) is 6.54 Å². The molecule has 3 N–H and O–H groups in total. The molecule has 19 heavy (non-hydrogen) atoms. The van der Waals surface area contributed by atoms with Gasteiger partial charge in [0.25, 0.3) is 0 Å². The molecule has 102 valence electrons. The number of β-amino-alcohol motifs (C(OH)–C–C–N with tert-alkyl or cyclic N) is 1. The molecular weight excluding hydrogens is 268 g/mol. The van der Waals surface area contributed by atoms with Crippen LogP contribution in [0.2, 0.25) is 5.02 Å². The van der Waals surface area contributed by atoms with E-state index < -0.39 is 18.1 Å². The van der Waals surface area contributed by atoms with Crippen LogP contribution >= 0.6 is 11.6 Å². The first-order chi connectivity index (χ1) is 8.97. The zero-order valence-corrected chi connectivity index (χ0v) is 11.0. The van der Waals surface area contributed by atoms with Gasteiger partial charge in [-0.15, -0.1) is 0 Å². The van der Waals surface area contributed by atoms with E-state index in [1.807, 2.05) is 0 Å².